The maximum atomic E-state index is 13.9. The number of aryl methyl sites for hydroxylation is 1. The number of carbonyl (C=O) groups excluding carboxylic acids is 1. The van der Waals surface area contributed by atoms with Crippen LogP contribution in [-0.4, -0.2) is 35.7 Å². The number of imidazole rings is 1. The Bertz CT molecular complexity index is 1190. The number of nitrogens with one attached hydrogen (secondary N) is 1. The fraction of sp³-hybridized carbons (Fsp3) is 0.375. The van der Waals surface area contributed by atoms with Gasteiger partial charge in [-0.25, -0.2) is 9.67 Å². The van der Waals surface area contributed by atoms with E-state index in [0.717, 1.165) is 54.5 Å². The van der Waals surface area contributed by atoms with E-state index in [2.05, 4.69) is 43.6 Å². The maximum absolute atomic E-state index is 13.9. The molecule has 0 spiro atoms. The minimum atomic E-state index is -0.763. The molecule has 1 saturated carbocycles. The van der Waals surface area contributed by atoms with Gasteiger partial charge in [-0.3, -0.25) is 4.79 Å². The molecule has 2 aromatic heterocycles. The Labute approximate surface area is 186 Å². The van der Waals surface area contributed by atoms with Crippen LogP contribution in [0.4, 0.5) is 0 Å². The lowest BCUT2D eigenvalue weighted by Crippen LogP contribution is -2.51. The SMILES string of the molecule is Cn1c([C@H](Cc2ccccc2)NC(=O)C2(n3cnnn3)CCCCC2)nc2ccccc21. The summed E-state index contributed by atoms with van der Waals surface area (Å²) >= 11 is 0. The number of rotatable bonds is 6. The molecule has 5 rings (SSSR count). The van der Waals surface area contributed by atoms with E-state index in [1.54, 1.807) is 11.0 Å². The van der Waals surface area contributed by atoms with Crippen molar-refractivity contribution in [3.8, 4) is 0 Å². The van der Waals surface area contributed by atoms with Crippen molar-refractivity contribution in [1.29, 1.82) is 0 Å². The van der Waals surface area contributed by atoms with Crippen molar-refractivity contribution in [2.75, 3.05) is 0 Å². The van der Waals surface area contributed by atoms with Crippen molar-refractivity contribution in [1.82, 2.24) is 35.1 Å². The predicted octanol–water partition coefficient (Wildman–Crippen LogP) is 3.32. The number of fused-ring (bicyclic) bond motifs is 1. The van der Waals surface area contributed by atoms with Gasteiger partial charge in [0, 0.05) is 7.05 Å². The van der Waals surface area contributed by atoms with Crippen molar-refractivity contribution in [2.24, 2.45) is 7.05 Å². The van der Waals surface area contributed by atoms with E-state index in [4.69, 9.17) is 4.98 Å². The van der Waals surface area contributed by atoms with E-state index < -0.39 is 5.54 Å². The van der Waals surface area contributed by atoms with Crippen molar-refractivity contribution in [2.45, 2.75) is 50.1 Å². The Morgan fingerprint density at radius 1 is 1.06 bits per heavy atom. The number of hydrogen-bond donors (Lipinski definition) is 1. The summed E-state index contributed by atoms with van der Waals surface area (Å²) in [7, 11) is 2.01. The van der Waals surface area contributed by atoms with E-state index in [1.807, 2.05) is 43.4 Å². The lowest BCUT2D eigenvalue weighted by Gasteiger charge is -2.36. The van der Waals surface area contributed by atoms with Crippen LogP contribution in [0.25, 0.3) is 11.0 Å². The minimum absolute atomic E-state index is 0.0440. The molecule has 8 heteroatoms. The Balaban J connectivity index is 1.52. The summed E-state index contributed by atoms with van der Waals surface area (Å²) in [4.78, 5) is 18.7. The zero-order valence-corrected chi connectivity index (χ0v) is 18.2. The lowest BCUT2D eigenvalue weighted by molar-refractivity contribution is -0.133. The summed E-state index contributed by atoms with van der Waals surface area (Å²) in [6.45, 7) is 0. The maximum Gasteiger partial charge on any atom is 0.248 e. The normalized spacial score (nSPS) is 16.7. The molecule has 1 aliphatic carbocycles. The smallest absolute Gasteiger partial charge is 0.248 e. The molecule has 164 valence electrons. The van der Waals surface area contributed by atoms with Gasteiger partial charge in [0.1, 0.15) is 17.7 Å². The van der Waals surface area contributed by atoms with Crippen molar-refractivity contribution >= 4 is 16.9 Å². The molecule has 1 fully saturated rings. The Morgan fingerprint density at radius 3 is 2.53 bits per heavy atom. The van der Waals surface area contributed by atoms with Crippen LogP contribution in [0.2, 0.25) is 0 Å². The number of tetrazole rings is 1. The summed E-state index contributed by atoms with van der Waals surface area (Å²) in [6, 6.07) is 18.0. The zero-order valence-electron chi connectivity index (χ0n) is 18.2. The molecule has 0 unspecified atom stereocenters. The molecule has 0 bridgehead atoms. The number of hydrogen-bond acceptors (Lipinski definition) is 5. The van der Waals surface area contributed by atoms with Gasteiger partial charge in [0.15, 0.2) is 0 Å². The van der Waals surface area contributed by atoms with Crippen LogP contribution >= 0.6 is 0 Å². The lowest BCUT2D eigenvalue weighted by atomic mass is 9.80. The van der Waals surface area contributed by atoms with Gasteiger partial charge in [-0.2, -0.15) is 0 Å². The fourth-order valence-electron chi connectivity index (χ4n) is 4.88. The molecule has 8 nitrogen and oxygen atoms in total. The average Bonchev–Trinajstić information content (AvgIpc) is 3.49. The first kappa shape index (κ1) is 20.4. The molecule has 1 amide bonds. The van der Waals surface area contributed by atoms with E-state index in [1.165, 1.54) is 0 Å². The summed E-state index contributed by atoms with van der Waals surface area (Å²) in [5, 5.41) is 15.1. The first-order chi connectivity index (χ1) is 15.7. The molecule has 1 N–H and O–H groups in total. The van der Waals surface area contributed by atoms with Gasteiger partial charge >= 0.3 is 0 Å². The fourth-order valence-corrected chi connectivity index (χ4v) is 4.88. The highest BCUT2D eigenvalue weighted by molar-refractivity contribution is 5.85. The third-order valence-corrected chi connectivity index (χ3v) is 6.61. The van der Waals surface area contributed by atoms with Gasteiger partial charge in [0.2, 0.25) is 5.91 Å². The molecule has 0 radical (unpaired) electrons. The number of aromatic nitrogens is 6. The Hall–Kier alpha value is -3.55. The average molecular weight is 430 g/mol. The van der Waals surface area contributed by atoms with Gasteiger partial charge in [-0.15, -0.1) is 5.10 Å². The molecule has 0 saturated heterocycles. The number of para-hydroxylation sites is 2. The molecule has 0 aliphatic heterocycles. The molecule has 32 heavy (non-hydrogen) atoms. The van der Waals surface area contributed by atoms with Gasteiger partial charge in [-0.1, -0.05) is 61.7 Å². The van der Waals surface area contributed by atoms with Crippen molar-refractivity contribution < 1.29 is 4.79 Å². The van der Waals surface area contributed by atoms with Crippen LogP contribution in [0.1, 0.15) is 49.5 Å². The van der Waals surface area contributed by atoms with Crippen LogP contribution < -0.4 is 5.32 Å². The summed E-state index contributed by atoms with van der Waals surface area (Å²) in [5.74, 6) is 0.795. The second-order valence-electron chi connectivity index (χ2n) is 8.58. The topological polar surface area (TPSA) is 90.5 Å². The summed E-state index contributed by atoms with van der Waals surface area (Å²) in [6.07, 6.45) is 6.73. The van der Waals surface area contributed by atoms with Crippen LogP contribution in [0.3, 0.4) is 0 Å². The third kappa shape index (κ3) is 3.66. The number of benzene rings is 2. The third-order valence-electron chi connectivity index (χ3n) is 6.61. The molecule has 1 atom stereocenters. The second kappa shape index (κ2) is 8.53. The van der Waals surface area contributed by atoms with Crippen LogP contribution in [0.15, 0.2) is 60.9 Å². The minimum Gasteiger partial charge on any atom is -0.344 e. The summed E-state index contributed by atoms with van der Waals surface area (Å²) < 4.78 is 3.73. The van der Waals surface area contributed by atoms with Crippen LogP contribution in [0, 0.1) is 0 Å². The zero-order chi connectivity index (χ0) is 22.0. The van der Waals surface area contributed by atoms with Crippen LogP contribution in [0.5, 0.6) is 0 Å². The number of carbonyl (C=O) groups is 1. The molecule has 1 aliphatic rings. The molecular weight excluding hydrogens is 402 g/mol. The van der Waals surface area contributed by atoms with E-state index in [-0.39, 0.29) is 11.9 Å². The molecule has 2 aromatic carbocycles. The quantitative estimate of drug-likeness (QED) is 0.508. The van der Waals surface area contributed by atoms with Gasteiger partial charge in [0.05, 0.1) is 17.1 Å². The monoisotopic (exact) mass is 429 g/mol. The Kier molecular flexibility index (Phi) is 5.43. The van der Waals surface area contributed by atoms with Crippen LogP contribution in [-0.2, 0) is 23.8 Å². The Morgan fingerprint density at radius 2 is 1.81 bits per heavy atom. The van der Waals surface area contributed by atoms with Crippen molar-refractivity contribution in [3.63, 3.8) is 0 Å². The van der Waals surface area contributed by atoms with Gasteiger partial charge in [0.25, 0.3) is 0 Å². The largest absolute Gasteiger partial charge is 0.344 e. The summed E-state index contributed by atoms with van der Waals surface area (Å²) in [5.41, 5.74) is 2.35. The molecule has 4 aromatic rings. The van der Waals surface area contributed by atoms with Gasteiger partial charge in [-0.05, 0) is 47.4 Å². The second-order valence-corrected chi connectivity index (χ2v) is 8.58. The predicted molar refractivity (Wildman–Crippen MR) is 121 cm³/mol. The van der Waals surface area contributed by atoms with E-state index in [0.29, 0.717) is 6.42 Å². The molecule has 2 heterocycles. The van der Waals surface area contributed by atoms with Gasteiger partial charge < -0.3 is 9.88 Å². The van der Waals surface area contributed by atoms with Crippen molar-refractivity contribution in [3.05, 3.63) is 72.3 Å². The molecular formula is C24H27N7O. The number of amides is 1. The first-order valence-electron chi connectivity index (χ1n) is 11.2. The highest BCUT2D eigenvalue weighted by Crippen LogP contribution is 2.35. The van der Waals surface area contributed by atoms with E-state index >= 15 is 0 Å². The number of nitrogens with zero attached hydrogens (tertiary/aromatic N) is 6. The standard InChI is InChI=1S/C24H27N7O/c1-30-21-13-7-6-12-19(21)26-22(30)20(16-18-10-4-2-5-11-18)27-23(32)24(14-8-3-9-15-24)31-17-25-28-29-31/h2,4-7,10-13,17,20H,3,8-9,14-16H2,1H3,(H,27,32)/t20-/m0/s1. The highest BCUT2D eigenvalue weighted by Gasteiger charge is 2.43. The first-order valence-corrected chi connectivity index (χ1v) is 11.2. The van der Waals surface area contributed by atoms with E-state index in [9.17, 15) is 4.79 Å². The highest BCUT2D eigenvalue weighted by atomic mass is 16.2.